The second kappa shape index (κ2) is 9.12. The van der Waals surface area contributed by atoms with Crippen LogP contribution in [0.1, 0.15) is 18.1 Å². The van der Waals surface area contributed by atoms with Crippen LogP contribution in [0.25, 0.3) is 0 Å². The smallest absolute Gasteiger partial charge is 0.365 e. The minimum atomic E-state index is -4.70. The van der Waals surface area contributed by atoms with E-state index in [1.165, 1.54) is 31.6 Å². The summed E-state index contributed by atoms with van der Waals surface area (Å²) in [6.07, 6.45) is 0.362. The van der Waals surface area contributed by atoms with Crippen molar-refractivity contribution in [2.45, 2.75) is 19.6 Å². The number of alkyl halides is 3. The Bertz CT molecular complexity index is 1140. The van der Waals surface area contributed by atoms with Crippen LogP contribution in [0.5, 0.6) is 0 Å². The number of hydrogen-bond donors (Lipinski definition) is 3. The lowest BCUT2D eigenvalue weighted by Gasteiger charge is -2.16. The lowest BCUT2D eigenvalue weighted by Crippen LogP contribution is -2.18. The Morgan fingerprint density at radius 3 is 2.45 bits per heavy atom. The average molecular weight is 453 g/mol. The lowest BCUT2D eigenvalue weighted by molar-refractivity contribution is -0.137. The summed E-state index contributed by atoms with van der Waals surface area (Å²) in [5, 5.41) is 5.41. The van der Waals surface area contributed by atoms with Gasteiger partial charge in [0.1, 0.15) is 17.2 Å². The number of sulfonamides is 1. The first-order chi connectivity index (χ1) is 14.7. The SMILES string of the molecule is CCS(=O)(=O)Nc1ncccc1CNc1nc(Nc2ccncc2)ncc1C(F)(F)F. The van der Waals surface area contributed by atoms with Crippen LogP contribution in [-0.4, -0.2) is 34.1 Å². The van der Waals surface area contributed by atoms with Gasteiger partial charge in [-0.1, -0.05) is 6.07 Å². The van der Waals surface area contributed by atoms with E-state index in [1.807, 2.05) is 0 Å². The molecule has 0 aromatic carbocycles. The van der Waals surface area contributed by atoms with Crippen molar-refractivity contribution in [2.75, 3.05) is 21.1 Å². The summed E-state index contributed by atoms with van der Waals surface area (Å²) in [6.45, 7) is 1.29. The van der Waals surface area contributed by atoms with Crippen molar-refractivity contribution < 1.29 is 21.6 Å². The number of aromatic nitrogens is 4. The van der Waals surface area contributed by atoms with Crippen molar-refractivity contribution >= 4 is 33.3 Å². The molecule has 0 atom stereocenters. The minimum absolute atomic E-state index is 0.0228. The average Bonchev–Trinajstić information content (AvgIpc) is 2.73. The van der Waals surface area contributed by atoms with Gasteiger partial charge in [0, 0.05) is 42.6 Å². The fourth-order valence-electron chi connectivity index (χ4n) is 2.42. The predicted molar refractivity (Wildman–Crippen MR) is 109 cm³/mol. The molecule has 164 valence electrons. The van der Waals surface area contributed by atoms with Gasteiger partial charge in [0.15, 0.2) is 0 Å². The van der Waals surface area contributed by atoms with E-state index in [0.29, 0.717) is 17.4 Å². The molecule has 0 fully saturated rings. The van der Waals surface area contributed by atoms with Gasteiger partial charge in [-0.25, -0.2) is 18.4 Å². The highest BCUT2D eigenvalue weighted by Gasteiger charge is 2.35. The van der Waals surface area contributed by atoms with E-state index in [2.05, 4.69) is 35.3 Å². The molecule has 0 spiro atoms. The number of nitrogens with one attached hydrogen (secondary N) is 3. The maximum atomic E-state index is 13.4. The van der Waals surface area contributed by atoms with Gasteiger partial charge in [-0.2, -0.15) is 18.2 Å². The predicted octanol–water partition coefficient (Wildman–Crippen LogP) is 3.40. The molecule has 0 aliphatic rings. The van der Waals surface area contributed by atoms with E-state index >= 15 is 0 Å². The zero-order valence-corrected chi connectivity index (χ0v) is 17.0. The molecule has 0 bridgehead atoms. The van der Waals surface area contributed by atoms with E-state index in [1.54, 1.807) is 18.2 Å². The molecule has 3 aromatic heterocycles. The molecule has 9 nitrogen and oxygen atoms in total. The van der Waals surface area contributed by atoms with Crippen molar-refractivity contribution in [2.24, 2.45) is 0 Å². The van der Waals surface area contributed by atoms with Crippen molar-refractivity contribution in [3.63, 3.8) is 0 Å². The van der Waals surface area contributed by atoms with E-state index in [4.69, 9.17) is 0 Å². The molecule has 0 unspecified atom stereocenters. The lowest BCUT2D eigenvalue weighted by atomic mass is 10.2. The fourth-order valence-corrected chi connectivity index (χ4v) is 3.04. The highest BCUT2D eigenvalue weighted by molar-refractivity contribution is 7.92. The topological polar surface area (TPSA) is 122 Å². The summed E-state index contributed by atoms with van der Waals surface area (Å²) in [5.41, 5.74) is -0.175. The quantitative estimate of drug-likeness (QED) is 0.474. The molecule has 0 aliphatic heterocycles. The van der Waals surface area contributed by atoms with Gasteiger partial charge >= 0.3 is 6.18 Å². The van der Waals surface area contributed by atoms with Gasteiger partial charge in [0.2, 0.25) is 16.0 Å². The van der Waals surface area contributed by atoms with Gasteiger partial charge in [0.25, 0.3) is 0 Å². The van der Waals surface area contributed by atoms with E-state index < -0.39 is 27.6 Å². The first-order valence-electron chi connectivity index (χ1n) is 8.97. The van der Waals surface area contributed by atoms with Crippen LogP contribution in [0.4, 0.5) is 36.4 Å². The van der Waals surface area contributed by atoms with E-state index in [-0.39, 0.29) is 24.1 Å². The maximum absolute atomic E-state index is 13.4. The number of nitrogens with zero attached hydrogens (tertiary/aromatic N) is 4. The largest absolute Gasteiger partial charge is 0.421 e. The Labute approximate surface area is 176 Å². The van der Waals surface area contributed by atoms with Gasteiger partial charge in [-0.15, -0.1) is 0 Å². The summed E-state index contributed by atoms with van der Waals surface area (Å²) < 4.78 is 66.3. The highest BCUT2D eigenvalue weighted by atomic mass is 32.2. The molecule has 13 heteroatoms. The van der Waals surface area contributed by atoms with Gasteiger partial charge in [0.05, 0.1) is 5.75 Å². The van der Waals surface area contributed by atoms with Crippen molar-refractivity contribution in [3.05, 3.63) is 60.2 Å². The second-order valence-corrected chi connectivity index (χ2v) is 8.20. The Morgan fingerprint density at radius 2 is 1.77 bits per heavy atom. The monoisotopic (exact) mass is 453 g/mol. The third-order valence-corrected chi connectivity index (χ3v) is 5.26. The molecule has 0 aliphatic carbocycles. The fraction of sp³-hybridized carbons (Fsp3) is 0.222. The highest BCUT2D eigenvalue weighted by Crippen LogP contribution is 2.34. The minimum Gasteiger partial charge on any atom is -0.365 e. The number of anilines is 4. The molecule has 0 saturated carbocycles. The zero-order chi connectivity index (χ0) is 22.5. The normalized spacial score (nSPS) is 11.7. The molecule has 0 radical (unpaired) electrons. The molecule has 31 heavy (non-hydrogen) atoms. The first-order valence-corrected chi connectivity index (χ1v) is 10.6. The zero-order valence-electron chi connectivity index (χ0n) is 16.2. The summed E-state index contributed by atoms with van der Waals surface area (Å²) >= 11 is 0. The third kappa shape index (κ3) is 6.01. The van der Waals surface area contributed by atoms with Crippen LogP contribution in [0.3, 0.4) is 0 Å². The van der Waals surface area contributed by atoms with Crippen LogP contribution in [0.2, 0.25) is 0 Å². The second-order valence-electron chi connectivity index (χ2n) is 6.18. The molecule has 3 N–H and O–H groups in total. The molecular formula is C18H18F3N7O2S. The first kappa shape index (κ1) is 22.2. The third-order valence-electron chi connectivity index (χ3n) is 4.00. The summed E-state index contributed by atoms with van der Waals surface area (Å²) in [4.78, 5) is 15.5. The number of halogens is 3. The Morgan fingerprint density at radius 1 is 1.03 bits per heavy atom. The molecular weight excluding hydrogens is 435 g/mol. The van der Waals surface area contributed by atoms with Crippen LogP contribution in [0, 0.1) is 0 Å². The standard InChI is InChI=1S/C18H18F3N7O2S/c1-2-31(29,30)28-15-12(4-3-7-23-15)10-24-16-14(18(19,20)21)11-25-17(27-16)26-13-5-8-22-9-6-13/h3-9,11H,2,10H2,1H3,(H,23,28)(H2,22,24,25,26,27). The number of rotatable bonds is 8. The van der Waals surface area contributed by atoms with E-state index in [9.17, 15) is 21.6 Å². The van der Waals surface area contributed by atoms with E-state index in [0.717, 1.165) is 0 Å². The van der Waals surface area contributed by atoms with Crippen LogP contribution in [-0.2, 0) is 22.7 Å². The van der Waals surface area contributed by atoms with Gasteiger partial charge in [-0.3, -0.25) is 9.71 Å². The van der Waals surface area contributed by atoms with Crippen molar-refractivity contribution in [3.8, 4) is 0 Å². The summed E-state index contributed by atoms with van der Waals surface area (Å²) in [6, 6.07) is 6.30. The van der Waals surface area contributed by atoms with Crippen molar-refractivity contribution in [1.82, 2.24) is 19.9 Å². The number of pyridine rings is 2. The molecule has 0 amide bonds. The van der Waals surface area contributed by atoms with Gasteiger partial charge < -0.3 is 10.6 Å². The Balaban J connectivity index is 1.87. The Kier molecular flexibility index (Phi) is 6.53. The maximum Gasteiger partial charge on any atom is 0.421 e. The molecule has 0 saturated heterocycles. The molecule has 3 heterocycles. The molecule has 3 rings (SSSR count). The van der Waals surface area contributed by atoms with Crippen LogP contribution in [0.15, 0.2) is 49.1 Å². The van der Waals surface area contributed by atoms with Gasteiger partial charge in [-0.05, 0) is 25.1 Å². The number of hydrogen-bond acceptors (Lipinski definition) is 8. The Hall–Kier alpha value is -3.48. The van der Waals surface area contributed by atoms with Crippen LogP contribution < -0.4 is 15.4 Å². The summed E-state index contributed by atoms with van der Waals surface area (Å²) in [5.74, 6) is -0.674. The van der Waals surface area contributed by atoms with Crippen molar-refractivity contribution in [1.29, 1.82) is 0 Å². The summed E-state index contributed by atoms with van der Waals surface area (Å²) in [7, 11) is -3.61. The van der Waals surface area contributed by atoms with Crippen LogP contribution >= 0.6 is 0 Å². The molecule has 3 aromatic rings.